The lowest BCUT2D eigenvalue weighted by Crippen LogP contribution is -2.22. The van der Waals surface area contributed by atoms with Crippen molar-refractivity contribution in [2.45, 2.75) is 25.8 Å². The summed E-state index contributed by atoms with van der Waals surface area (Å²) in [6, 6.07) is 0.116. The molecule has 0 aromatic carbocycles. The van der Waals surface area contributed by atoms with Gasteiger partial charge in [-0.2, -0.15) is 0 Å². The number of rotatable bonds is 7. The van der Waals surface area contributed by atoms with Crippen LogP contribution in [0.15, 0.2) is 5.38 Å². The summed E-state index contributed by atoms with van der Waals surface area (Å²) in [4.78, 5) is 0. The van der Waals surface area contributed by atoms with Crippen LogP contribution in [0, 0.1) is 0 Å². The third-order valence-electron chi connectivity index (χ3n) is 2.19. The number of hydrogen-bond acceptors (Lipinski definition) is 6. The van der Waals surface area contributed by atoms with Crippen molar-refractivity contribution in [3.05, 3.63) is 11.1 Å². The highest BCUT2D eigenvalue weighted by molar-refractivity contribution is 7.90. The Hall–Kier alpha value is -0.530. The van der Waals surface area contributed by atoms with E-state index in [4.69, 9.17) is 0 Å². The Morgan fingerprint density at radius 1 is 1.56 bits per heavy atom. The standard InChI is InChI=1S/C9H17N3O2S2/c1-3-10-8(9-7-15-12-11-9)5-4-6-16(2,13)14/h7-8,10H,3-6H2,1-2H3. The maximum Gasteiger partial charge on any atom is 0.147 e. The third kappa shape index (κ3) is 5.00. The highest BCUT2D eigenvalue weighted by Gasteiger charge is 2.13. The lowest BCUT2D eigenvalue weighted by Gasteiger charge is -2.14. The van der Waals surface area contributed by atoms with Crippen LogP contribution in [0.2, 0.25) is 0 Å². The minimum Gasteiger partial charge on any atom is -0.309 e. The zero-order valence-corrected chi connectivity index (χ0v) is 11.1. The zero-order valence-electron chi connectivity index (χ0n) is 9.51. The molecular formula is C9H17N3O2S2. The van der Waals surface area contributed by atoms with E-state index in [-0.39, 0.29) is 11.8 Å². The van der Waals surface area contributed by atoms with Crippen molar-refractivity contribution in [3.8, 4) is 0 Å². The molecule has 0 spiro atoms. The summed E-state index contributed by atoms with van der Waals surface area (Å²) in [7, 11) is -2.86. The quantitative estimate of drug-likeness (QED) is 0.795. The van der Waals surface area contributed by atoms with Crippen LogP contribution >= 0.6 is 11.5 Å². The van der Waals surface area contributed by atoms with Gasteiger partial charge in [-0.1, -0.05) is 11.4 Å². The fourth-order valence-corrected chi connectivity index (χ4v) is 2.67. The Kier molecular flexibility index (Phi) is 5.30. The summed E-state index contributed by atoms with van der Waals surface area (Å²) >= 11 is 1.31. The molecule has 1 aromatic heterocycles. The molecule has 0 saturated carbocycles. The number of sulfone groups is 1. The lowest BCUT2D eigenvalue weighted by atomic mass is 10.1. The second kappa shape index (κ2) is 6.27. The first-order valence-corrected chi connectivity index (χ1v) is 8.10. The molecule has 0 radical (unpaired) electrons. The van der Waals surface area contributed by atoms with Gasteiger partial charge in [-0.05, 0) is 30.9 Å². The number of nitrogens with one attached hydrogen (secondary N) is 1. The summed E-state index contributed by atoms with van der Waals surface area (Å²) in [5.74, 6) is 0.229. The second-order valence-corrected chi connectivity index (χ2v) is 6.58. The van der Waals surface area contributed by atoms with E-state index < -0.39 is 9.84 Å². The van der Waals surface area contributed by atoms with Crippen molar-refractivity contribution < 1.29 is 8.42 Å². The molecule has 92 valence electrons. The van der Waals surface area contributed by atoms with Gasteiger partial charge in [-0.3, -0.25) is 0 Å². The molecule has 0 aliphatic heterocycles. The van der Waals surface area contributed by atoms with Gasteiger partial charge >= 0.3 is 0 Å². The maximum atomic E-state index is 11.0. The summed E-state index contributed by atoms with van der Waals surface area (Å²) in [6.07, 6.45) is 2.68. The molecule has 1 rings (SSSR count). The highest BCUT2D eigenvalue weighted by Crippen LogP contribution is 2.17. The zero-order chi connectivity index (χ0) is 12.0. The van der Waals surface area contributed by atoms with Crippen molar-refractivity contribution in [1.82, 2.24) is 14.9 Å². The van der Waals surface area contributed by atoms with Crippen LogP contribution in [0.1, 0.15) is 31.5 Å². The summed E-state index contributed by atoms with van der Waals surface area (Å²) < 4.78 is 25.8. The molecule has 1 unspecified atom stereocenters. The molecule has 0 aliphatic carbocycles. The topological polar surface area (TPSA) is 72.0 Å². The largest absolute Gasteiger partial charge is 0.309 e. The van der Waals surface area contributed by atoms with Crippen LogP contribution in [0.4, 0.5) is 0 Å². The van der Waals surface area contributed by atoms with E-state index in [1.165, 1.54) is 17.8 Å². The van der Waals surface area contributed by atoms with Crippen molar-refractivity contribution >= 4 is 21.4 Å². The van der Waals surface area contributed by atoms with Gasteiger partial charge in [0.2, 0.25) is 0 Å². The van der Waals surface area contributed by atoms with Crippen molar-refractivity contribution in [2.75, 3.05) is 18.6 Å². The van der Waals surface area contributed by atoms with E-state index in [1.807, 2.05) is 12.3 Å². The SMILES string of the molecule is CCNC(CCCS(C)(=O)=O)c1csnn1. The Balaban J connectivity index is 2.47. The Morgan fingerprint density at radius 3 is 2.81 bits per heavy atom. The van der Waals surface area contributed by atoms with Crippen molar-refractivity contribution in [2.24, 2.45) is 0 Å². The van der Waals surface area contributed by atoms with Crippen molar-refractivity contribution in [3.63, 3.8) is 0 Å². The van der Waals surface area contributed by atoms with Crippen LogP contribution in [0.3, 0.4) is 0 Å². The Labute approximate surface area is 100 Å². The molecule has 16 heavy (non-hydrogen) atoms. The monoisotopic (exact) mass is 263 g/mol. The van der Waals surface area contributed by atoms with Gasteiger partial charge in [0.15, 0.2) is 0 Å². The molecule has 0 aliphatic rings. The summed E-state index contributed by atoms with van der Waals surface area (Å²) in [5, 5.41) is 9.18. The smallest absolute Gasteiger partial charge is 0.147 e. The first-order valence-electron chi connectivity index (χ1n) is 5.21. The number of hydrogen-bond donors (Lipinski definition) is 1. The molecule has 0 bridgehead atoms. The molecular weight excluding hydrogens is 246 g/mol. The van der Waals surface area contributed by atoms with Gasteiger partial charge in [0, 0.05) is 17.4 Å². The van der Waals surface area contributed by atoms with Gasteiger partial charge in [-0.25, -0.2) is 8.42 Å². The van der Waals surface area contributed by atoms with Gasteiger partial charge < -0.3 is 5.32 Å². The van der Waals surface area contributed by atoms with Gasteiger partial charge in [0.25, 0.3) is 0 Å². The molecule has 0 saturated heterocycles. The lowest BCUT2D eigenvalue weighted by molar-refractivity contribution is 0.495. The highest BCUT2D eigenvalue weighted by atomic mass is 32.2. The molecule has 5 nitrogen and oxygen atoms in total. The van der Waals surface area contributed by atoms with E-state index in [0.29, 0.717) is 6.42 Å². The van der Waals surface area contributed by atoms with Gasteiger partial charge in [0.05, 0.1) is 11.7 Å². The van der Waals surface area contributed by atoms with E-state index in [1.54, 1.807) is 0 Å². The van der Waals surface area contributed by atoms with E-state index in [9.17, 15) is 8.42 Å². The predicted molar refractivity (Wildman–Crippen MR) is 65.3 cm³/mol. The summed E-state index contributed by atoms with van der Waals surface area (Å²) in [6.45, 7) is 2.85. The molecule has 1 aromatic rings. The van der Waals surface area contributed by atoms with E-state index in [2.05, 4.69) is 14.9 Å². The van der Waals surface area contributed by atoms with E-state index in [0.717, 1.165) is 18.7 Å². The van der Waals surface area contributed by atoms with Crippen LogP contribution < -0.4 is 5.32 Å². The second-order valence-electron chi connectivity index (χ2n) is 3.71. The fourth-order valence-electron chi connectivity index (χ4n) is 1.47. The average molecular weight is 263 g/mol. The molecule has 1 N–H and O–H groups in total. The third-order valence-corrected chi connectivity index (χ3v) is 3.75. The number of nitrogens with zero attached hydrogens (tertiary/aromatic N) is 2. The van der Waals surface area contributed by atoms with Crippen LogP contribution in [0.5, 0.6) is 0 Å². The first-order chi connectivity index (χ1) is 7.53. The van der Waals surface area contributed by atoms with Gasteiger partial charge in [-0.15, -0.1) is 5.10 Å². The minimum absolute atomic E-state index is 0.116. The average Bonchev–Trinajstić information content (AvgIpc) is 2.67. The molecule has 7 heteroatoms. The molecule has 1 heterocycles. The van der Waals surface area contributed by atoms with Crippen LogP contribution in [-0.4, -0.2) is 36.6 Å². The Bertz CT molecular complexity index is 389. The molecule has 1 atom stereocenters. The first kappa shape index (κ1) is 13.5. The normalized spacial score (nSPS) is 13.9. The number of aromatic nitrogens is 2. The summed E-state index contributed by atoms with van der Waals surface area (Å²) in [5.41, 5.74) is 0.903. The van der Waals surface area contributed by atoms with Crippen LogP contribution in [-0.2, 0) is 9.84 Å². The van der Waals surface area contributed by atoms with Crippen LogP contribution in [0.25, 0.3) is 0 Å². The predicted octanol–water partition coefficient (Wildman–Crippen LogP) is 1.01. The van der Waals surface area contributed by atoms with Gasteiger partial charge in [0.1, 0.15) is 9.84 Å². The fraction of sp³-hybridized carbons (Fsp3) is 0.778. The Morgan fingerprint density at radius 2 is 2.31 bits per heavy atom. The minimum atomic E-state index is -2.86. The maximum absolute atomic E-state index is 11.0. The molecule has 0 fully saturated rings. The van der Waals surface area contributed by atoms with E-state index >= 15 is 0 Å². The van der Waals surface area contributed by atoms with Crippen molar-refractivity contribution in [1.29, 1.82) is 0 Å². The molecule has 0 amide bonds.